The highest BCUT2D eigenvalue weighted by molar-refractivity contribution is 5.76. The molecule has 0 bridgehead atoms. The van der Waals surface area contributed by atoms with Crippen LogP contribution in [0.5, 0.6) is 0 Å². The van der Waals surface area contributed by atoms with E-state index in [0.717, 1.165) is 0 Å². The first kappa shape index (κ1) is 8.46. The van der Waals surface area contributed by atoms with Crippen LogP contribution >= 0.6 is 0 Å². The fraction of sp³-hybridized carbons (Fsp3) is 0.857. The Bertz CT molecular complexity index is 151. The minimum Gasteiger partial charge on any atom is -0.465 e. The Hall–Kier alpha value is -0.640. The van der Waals surface area contributed by atoms with Crippen LogP contribution < -0.4 is 5.32 Å². The van der Waals surface area contributed by atoms with Crippen molar-refractivity contribution in [3.05, 3.63) is 0 Å². The molecule has 0 amide bonds. The van der Waals surface area contributed by atoms with Crippen LogP contribution in [0.15, 0.2) is 0 Å². The molecule has 1 saturated heterocycles. The molecule has 2 atom stereocenters. The molecule has 1 rings (SSSR count). The number of esters is 1. The molecule has 1 N–H and O–H groups in total. The summed E-state index contributed by atoms with van der Waals surface area (Å²) in [5.41, 5.74) is 0. The number of ether oxygens (including phenoxy) is 1. The number of carbonyl (C=O) groups excluding carboxylic acids is 1. The molecule has 3 nitrogen and oxygen atoms in total. The molecule has 0 aromatic heterocycles. The normalized spacial score (nSPS) is 30.4. The Kier molecular flexibility index (Phi) is 2.82. The Labute approximate surface area is 64.9 Å². The highest BCUT2D eigenvalue weighted by atomic mass is 19.1. The SMILES string of the molecule is CCOC(=O)[C@H]1C[C@@H](F)CN1. The van der Waals surface area contributed by atoms with Gasteiger partial charge in [-0.1, -0.05) is 0 Å². The van der Waals surface area contributed by atoms with Crippen molar-refractivity contribution in [2.75, 3.05) is 13.2 Å². The summed E-state index contributed by atoms with van der Waals surface area (Å²) in [6.07, 6.45) is -0.650. The van der Waals surface area contributed by atoms with E-state index in [9.17, 15) is 9.18 Å². The molecule has 64 valence electrons. The van der Waals surface area contributed by atoms with Crippen molar-refractivity contribution in [1.29, 1.82) is 0 Å². The molecule has 0 saturated carbocycles. The van der Waals surface area contributed by atoms with E-state index in [1.165, 1.54) is 0 Å². The standard InChI is InChI=1S/C7H12FNO2/c1-2-11-7(10)6-3-5(8)4-9-6/h5-6,9H,2-4H2,1H3/t5-,6-/m1/s1. The molecule has 1 aliphatic heterocycles. The van der Waals surface area contributed by atoms with Crippen molar-refractivity contribution < 1.29 is 13.9 Å². The fourth-order valence-electron chi connectivity index (χ4n) is 1.11. The molecule has 0 aliphatic carbocycles. The van der Waals surface area contributed by atoms with Crippen LogP contribution in [-0.4, -0.2) is 31.3 Å². The largest absolute Gasteiger partial charge is 0.465 e. The zero-order chi connectivity index (χ0) is 8.27. The second kappa shape index (κ2) is 3.67. The van der Waals surface area contributed by atoms with Crippen LogP contribution in [-0.2, 0) is 9.53 Å². The first-order valence-corrected chi connectivity index (χ1v) is 3.78. The van der Waals surface area contributed by atoms with E-state index in [-0.39, 0.29) is 18.9 Å². The molecule has 0 aromatic carbocycles. The highest BCUT2D eigenvalue weighted by Crippen LogP contribution is 2.10. The van der Waals surface area contributed by atoms with E-state index in [4.69, 9.17) is 4.74 Å². The van der Waals surface area contributed by atoms with E-state index in [1.54, 1.807) is 6.92 Å². The van der Waals surface area contributed by atoms with E-state index in [1.807, 2.05) is 0 Å². The van der Waals surface area contributed by atoms with Gasteiger partial charge in [0, 0.05) is 13.0 Å². The van der Waals surface area contributed by atoms with Gasteiger partial charge in [-0.15, -0.1) is 0 Å². The summed E-state index contributed by atoms with van der Waals surface area (Å²) in [6.45, 7) is 2.36. The number of rotatable bonds is 2. The van der Waals surface area contributed by atoms with E-state index in [0.29, 0.717) is 6.61 Å². The lowest BCUT2D eigenvalue weighted by atomic mass is 10.2. The summed E-state index contributed by atoms with van der Waals surface area (Å²) >= 11 is 0. The quantitative estimate of drug-likeness (QED) is 0.590. The molecule has 1 fully saturated rings. The van der Waals surface area contributed by atoms with Gasteiger partial charge in [0.1, 0.15) is 12.2 Å². The molecular weight excluding hydrogens is 149 g/mol. The van der Waals surface area contributed by atoms with Crippen LogP contribution in [0.3, 0.4) is 0 Å². The molecule has 0 aromatic rings. The van der Waals surface area contributed by atoms with Crippen molar-refractivity contribution in [2.45, 2.75) is 25.6 Å². The third kappa shape index (κ3) is 2.15. The molecule has 0 spiro atoms. The average molecular weight is 161 g/mol. The summed E-state index contributed by atoms with van der Waals surface area (Å²) in [4.78, 5) is 10.9. The van der Waals surface area contributed by atoms with E-state index < -0.39 is 12.2 Å². The Morgan fingerprint density at radius 3 is 3.00 bits per heavy atom. The van der Waals surface area contributed by atoms with Crippen molar-refractivity contribution >= 4 is 5.97 Å². The zero-order valence-electron chi connectivity index (χ0n) is 6.47. The average Bonchev–Trinajstić information content (AvgIpc) is 2.36. The molecule has 4 heteroatoms. The second-order valence-corrected chi connectivity index (χ2v) is 2.55. The monoisotopic (exact) mass is 161 g/mol. The Morgan fingerprint density at radius 1 is 1.82 bits per heavy atom. The summed E-state index contributed by atoms with van der Waals surface area (Å²) in [7, 11) is 0. The van der Waals surface area contributed by atoms with Gasteiger partial charge in [0.2, 0.25) is 0 Å². The summed E-state index contributed by atoms with van der Waals surface area (Å²) in [6, 6.07) is -0.426. The van der Waals surface area contributed by atoms with Gasteiger partial charge in [0.15, 0.2) is 0 Å². The van der Waals surface area contributed by atoms with Gasteiger partial charge in [-0.05, 0) is 6.92 Å². The predicted molar refractivity (Wildman–Crippen MR) is 37.9 cm³/mol. The summed E-state index contributed by atoms with van der Waals surface area (Å²) < 4.78 is 17.2. The molecule has 0 radical (unpaired) electrons. The van der Waals surface area contributed by atoms with Gasteiger partial charge in [-0.25, -0.2) is 4.39 Å². The van der Waals surface area contributed by atoms with Gasteiger partial charge in [0.25, 0.3) is 0 Å². The first-order valence-electron chi connectivity index (χ1n) is 3.78. The molecular formula is C7H12FNO2. The van der Waals surface area contributed by atoms with Crippen molar-refractivity contribution in [3.8, 4) is 0 Å². The zero-order valence-corrected chi connectivity index (χ0v) is 6.47. The molecule has 11 heavy (non-hydrogen) atoms. The fourth-order valence-corrected chi connectivity index (χ4v) is 1.11. The Balaban J connectivity index is 2.31. The number of halogens is 1. The predicted octanol–water partition coefficient (Wildman–Crippen LogP) is 0.250. The smallest absolute Gasteiger partial charge is 0.323 e. The lowest BCUT2D eigenvalue weighted by Crippen LogP contribution is -2.32. The van der Waals surface area contributed by atoms with Gasteiger partial charge < -0.3 is 10.1 Å². The number of nitrogens with one attached hydrogen (secondary N) is 1. The van der Waals surface area contributed by atoms with Crippen LogP contribution in [0.25, 0.3) is 0 Å². The number of carbonyl (C=O) groups is 1. The molecule has 1 aliphatic rings. The Morgan fingerprint density at radius 2 is 2.55 bits per heavy atom. The minimum atomic E-state index is -0.899. The number of hydrogen-bond donors (Lipinski definition) is 1. The minimum absolute atomic E-state index is 0.249. The van der Waals surface area contributed by atoms with Gasteiger partial charge in [-0.3, -0.25) is 4.79 Å². The highest BCUT2D eigenvalue weighted by Gasteiger charge is 2.29. The summed E-state index contributed by atoms with van der Waals surface area (Å²) in [5.74, 6) is -0.340. The number of hydrogen-bond acceptors (Lipinski definition) is 3. The van der Waals surface area contributed by atoms with Gasteiger partial charge >= 0.3 is 5.97 Å². The first-order chi connectivity index (χ1) is 5.24. The van der Waals surface area contributed by atoms with Crippen molar-refractivity contribution in [2.24, 2.45) is 0 Å². The van der Waals surface area contributed by atoms with E-state index >= 15 is 0 Å². The van der Waals surface area contributed by atoms with Crippen molar-refractivity contribution in [1.82, 2.24) is 5.32 Å². The second-order valence-electron chi connectivity index (χ2n) is 2.55. The maximum atomic E-state index is 12.5. The third-order valence-corrected chi connectivity index (χ3v) is 1.65. The van der Waals surface area contributed by atoms with Gasteiger partial charge in [-0.2, -0.15) is 0 Å². The number of alkyl halides is 1. The van der Waals surface area contributed by atoms with Crippen LogP contribution in [0, 0.1) is 0 Å². The topological polar surface area (TPSA) is 38.3 Å². The van der Waals surface area contributed by atoms with Crippen LogP contribution in [0.1, 0.15) is 13.3 Å². The maximum Gasteiger partial charge on any atom is 0.323 e. The molecule has 1 heterocycles. The summed E-state index contributed by atoms with van der Waals surface area (Å²) in [5, 5.41) is 2.74. The lowest BCUT2D eigenvalue weighted by molar-refractivity contribution is -0.145. The van der Waals surface area contributed by atoms with Gasteiger partial charge in [0.05, 0.1) is 6.61 Å². The van der Waals surface area contributed by atoms with E-state index in [2.05, 4.69) is 5.32 Å². The van der Waals surface area contributed by atoms with Crippen molar-refractivity contribution in [3.63, 3.8) is 0 Å². The maximum absolute atomic E-state index is 12.5. The third-order valence-electron chi connectivity index (χ3n) is 1.65. The molecule has 0 unspecified atom stereocenters. The van der Waals surface area contributed by atoms with Crippen LogP contribution in [0.4, 0.5) is 4.39 Å². The lowest BCUT2D eigenvalue weighted by Gasteiger charge is -2.07. The van der Waals surface area contributed by atoms with Crippen LogP contribution in [0.2, 0.25) is 0 Å².